The number of piperidine rings is 1. The molecule has 22 heavy (non-hydrogen) atoms. The van der Waals surface area contributed by atoms with E-state index in [1.165, 1.54) is 28.6 Å². The van der Waals surface area contributed by atoms with Gasteiger partial charge in [0.2, 0.25) is 10.0 Å². The standard InChI is InChI=1S/C14H20F2N2O3S/c1-10(17)11-6-8-18(9-7-11)22(19,20)13-5-3-2-4-12(13)21-14(15)16/h2-5,10-11,14H,6-9,17H2,1H3. The Morgan fingerprint density at radius 2 is 1.86 bits per heavy atom. The fourth-order valence-electron chi connectivity index (χ4n) is 2.64. The summed E-state index contributed by atoms with van der Waals surface area (Å²) in [7, 11) is -3.85. The highest BCUT2D eigenvalue weighted by molar-refractivity contribution is 7.89. The van der Waals surface area contributed by atoms with Crippen molar-refractivity contribution in [2.24, 2.45) is 11.7 Å². The lowest BCUT2D eigenvalue weighted by Crippen LogP contribution is -2.42. The molecule has 0 aliphatic carbocycles. The number of halogens is 2. The molecule has 0 radical (unpaired) electrons. The van der Waals surface area contributed by atoms with Crippen LogP contribution >= 0.6 is 0 Å². The molecule has 1 fully saturated rings. The largest absolute Gasteiger partial charge is 0.433 e. The first kappa shape index (κ1) is 17.1. The lowest BCUT2D eigenvalue weighted by Gasteiger charge is -2.33. The average molecular weight is 334 g/mol. The molecule has 0 bridgehead atoms. The molecule has 0 amide bonds. The Kier molecular flexibility index (Phi) is 5.36. The van der Waals surface area contributed by atoms with Crippen molar-refractivity contribution in [1.29, 1.82) is 0 Å². The summed E-state index contributed by atoms with van der Waals surface area (Å²) in [6.07, 6.45) is 1.32. The normalized spacial score (nSPS) is 19.3. The number of nitrogens with two attached hydrogens (primary N) is 1. The van der Waals surface area contributed by atoms with Crippen LogP contribution in [0.15, 0.2) is 29.2 Å². The molecule has 5 nitrogen and oxygen atoms in total. The van der Waals surface area contributed by atoms with E-state index in [1.54, 1.807) is 0 Å². The Morgan fingerprint density at radius 3 is 2.41 bits per heavy atom. The van der Waals surface area contributed by atoms with Gasteiger partial charge in [-0.1, -0.05) is 12.1 Å². The number of benzene rings is 1. The van der Waals surface area contributed by atoms with Gasteiger partial charge in [-0.25, -0.2) is 8.42 Å². The van der Waals surface area contributed by atoms with Crippen molar-refractivity contribution in [3.8, 4) is 5.75 Å². The summed E-state index contributed by atoms with van der Waals surface area (Å²) < 4.78 is 55.8. The highest BCUT2D eigenvalue weighted by Gasteiger charge is 2.32. The molecule has 124 valence electrons. The lowest BCUT2D eigenvalue weighted by atomic mass is 9.92. The molecule has 2 N–H and O–H groups in total. The smallest absolute Gasteiger partial charge is 0.387 e. The monoisotopic (exact) mass is 334 g/mol. The van der Waals surface area contributed by atoms with Gasteiger partial charge in [0.15, 0.2) is 0 Å². The molecular weight excluding hydrogens is 314 g/mol. The van der Waals surface area contributed by atoms with E-state index in [0.717, 1.165) is 0 Å². The van der Waals surface area contributed by atoms with E-state index in [2.05, 4.69) is 4.74 Å². The van der Waals surface area contributed by atoms with Crippen LogP contribution in [0, 0.1) is 5.92 Å². The first-order valence-corrected chi connectivity index (χ1v) is 8.56. The fraction of sp³-hybridized carbons (Fsp3) is 0.571. The van der Waals surface area contributed by atoms with Gasteiger partial charge in [-0.05, 0) is 37.8 Å². The molecule has 1 aliphatic rings. The molecule has 1 aromatic carbocycles. The zero-order valence-corrected chi connectivity index (χ0v) is 13.1. The van der Waals surface area contributed by atoms with Gasteiger partial charge in [-0.2, -0.15) is 13.1 Å². The maximum absolute atomic E-state index is 12.6. The van der Waals surface area contributed by atoms with Gasteiger partial charge in [0.05, 0.1) is 0 Å². The first-order valence-electron chi connectivity index (χ1n) is 7.12. The van der Waals surface area contributed by atoms with E-state index >= 15 is 0 Å². The van der Waals surface area contributed by atoms with Crippen LogP contribution < -0.4 is 10.5 Å². The zero-order chi connectivity index (χ0) is 16.3. The molecule has 1 unspecified atom stereocenters. The molecule has 0 saturated carbocycles. The Bertz CT molecular complexity index is 600. The molecular formula is C14H20F2N2O3S. The van der Waals surface area contributed by atoms with Crippen molar-refractivity contribution in [1.82, 2.24) is 4.31 Å². The van der Waals surface area contributed by atoms with E-state index in [9.17, 15) is 17.2 Å². The summed E-state index contributed by atoms with van der Waals surface area (Å²) in [6.45, 7) is -0.504. The Hall–Kier alpha value is -1.25. The average Bonchev–Trinajstić information content (AvgIpc) is 2.47. The fourth-order valence-corrected chi connectivity index (χ4v) is 4.23. The first-order chi connectivity index (χ1) is 10.3. The highest BCUT2D eigenvalue weighted by atomic mass is 32.2. The number of alkyl halides is 2. The third-order valence-electron chi connectivity index (χ3n) is 3.93. The minimum atomic E-state index is -3.85. The number of hydrogen-bond acceptors (Lipinski definition) is 4. The predicted molar refractivity (Wildman–Crippen MR) is 78.2 cm³/mol. The van der Waals surface area contributed by atoms with Crippen LogP contribution in [-0.4, -0.2) is 38.5 Å². The Balaban J connectivity index is 2.21. The second-order valence-corrected chi connectivity index (χ2v) is 7.33. The number of nitrogens with zero attached hydrogens (tertiary/aromatic N) is 1. The van der Waals surface area contributed by atoms with E-state index in [0.29, 0.717) is 25.9 Å². The SMILES string of the molecule is CC(N)C1CCN(S(=O)(=O)c2ccccc2OC(F)F)CC1. The van der Waals surface area contributed by atoms with E-state index in [4.69, 9.17) is 5.73 Å². The van der Waals surface area contributed by atoms with Crippen LogP contribution in [-0.2, 0) is 10.0 Å². The van der Waals surface area contributed by atoms with Crippen molar-refractivity contribution in [2.45, 2.75) is 37.3 Å². The molecule has 0 spiro atoms. The highest BCUT2D eigenvalue weighted by Crippen LogP contribution is 2.30. The lowest BCUT2D eigenvalue weighted by molar-refractivity contribution is -0.0518. The van der Waals surface area contributed by atoms with Gasteiger partial charge < -0.3 is 10.5 Å². The van der Waals surface area contributed by atoms with Gasteiger partial charge in [-0.15, -0.1) is 0 Å². The van der Waals surface area contributed by atoms with Crippen molar-refractivity contribution in [3.63, 3.8) is 0 Å². The maximum Gasteiger partial charge on any atom is 0.387 e. The van der Waals surface area contributed by atoms with Crippen molar-refractivity contribution in [2.75, 3.05) is 13.1 Å². The summed E-state index contributed by atoms with van der Waals surface area (Å²) in [5.41, 5.74) is 5.84. The van der Waals surface area contributed by atoms with Crippen LogP contribution in [0.4, 0.5) is 8.78 Å². The van der Waals surface area contributed by atoms with Crippen molar-refractivity contribution >= 4 is 10.0 Å². The molecule has 0 aromatic heterocycles. The number of sulfonamides is 1. The summed E-state index contributed by atoms with van der Waals surface area (Å²) in [6, 6.07) is 5.47. The summed E-state index contributed by atoms with van der Waals surface area (Å²) in [4.78, 5) is -0.227. The van der Waals surface area contributed by atoms with Crippen LogP contribution in [0.5, 0.6) is 5.75 Å². The minimum Gasteiger partial charge on any atom is -0.433 e. The Morgan fingerprint density at radius 1 is 1.27 bits per heavy atom. The molecule has 1 aliphatic heterocycles. The second kappa shape index (κ2) is 6.89. The third-order valence-corrected chi connectivity index (χ3v) is 5.86. The van der Waals surface area contributed by atoms with E-state index in [1.807, 2.05) is 6.92 Å². The summed E-state index contributed by atoms with van der Waals surface area (Å²) >= 11 is 0. The molecule has 1 heterocycles. The van der Waals surface area contributed by atoms with Gasteiger partial charge in [0.1, 0.15) is 10.6 Å². The summed E-state index contributed by atoms with van der Waals surface area (Å²) in [5.74, 6) is -0.0502. The van der Waals surface area contributed by atoms with Crippen LogP contribution in [0.2, 0.25) is 0 Å². The molecule has 1 saturated heterocycles. The van der Waals surface area contributed by atoms with Gasteiger partial charge >= 0.3 is 6.61 Å². The number of rotatable bonds is 5. The number of hydrogen-bond donors (Lipinski definition) is 1. The van der Waals surface area contributed by atoms with Crippen LogP contribution in [0.3, 0.4) is 0 Å². The van der Waals surface area contributed by atoms with E-state index < -0.39 is 16.6 Å². The summed E-state index contributed by atoms with van der Waals surface area (Å²) in [5, 5.41) is 0. The second-order valence-electron chi connectivity index (χ2n) is 5.43. The molecule has 1 aromatic rings. The molecule has 1 atom stereocenters. The maximum atomic E-state index is 12.6. The minimum absolute atomic E-state index is 0.0132. The number of ether oxygens (including phenoxy) is 1. The zero-order valence-electron chi connectivity index (χ0n) is 12.3. The van der Waals surface area contributed by atoms with Crippen molar-refractivity contribution in [3.05, 3.63) is 24.3 Å². The third kappa shape index (κ3) is 3.74. The topological polar surface area (TPSA) is 72.6 Å². The van der Waals surface area contributed by atoms with E-state index in [-0.39, 0.29) is 22.6 Å². The molecule has 2 rings (SSSR count). The van der Waals surface area contributed by atoms with Gasteiger partial charge in [-0.3, -0.25) is 0 Å². The van der Waals surface area contributed by atoms with Gasteiger partial charge in [0, 0.05) is 19.1 Å². The van der Waals surface area contributed by atoms with Crippen LogP contribution in [0.25, 0.3) is 0 Å². The quantitative estimate of drug-likeness (QED) is 0.894. The van der Waals surface area contributed by atoms with Crippen molar-refractivity contribution < 1.29 is 21.9 Å². The molecule has 8 heteroatoms. The van der Waals surface area contributed by atoms with Gasteiger partial charge in [0.25, 0.3) is 0 Å². The van der Waals surface area contributed by atoms with Crippen LogP contribution in [0.1, 0.15) is 19.8 Å². The predicted octanol–water partition coefficient (Wildman–Crippen LogP) is 2.04. The Labute approximate surface area is 129 Å². The number of para-hydroxylation sites is 1.